The standard InChI is InChI=1S/C19H25NO2S/c1-3-4-5-9-12-23-19-15(14-10-7-6-8-11-14)13-16(19)17(21)20(2)18(19)22/h6-8,10-11,15-16H,3-5,9,12-13H2,1-2H3/t15?,16-,19+/m1/s1. The van der Waals surface area contributed by atoms with Crippen molar-refractivity contribution in [3.8, 4) is 0 Å². The summed E-state index contributed by atoms with van der Waals surface area (Å²) in [6.45, 7) is 2.20. The molecule has 0 N–H and O–H groups in total. The molecule has 0 bridgehead atoms. The van der Waals surface area contributed by atoms with Gasteiger partial charge in [0.15, 0.2) is 0 Å². The summed E-state index contributed by atoms with van der Waals surface area (Å²) in [6, 6.07) is 10.2. The number of thioether (sulfide) groups is 1. The predicted molar refractivity (Wildman–Crippen MR) is 94.4 cm³/mol. The third-order valence-electron chi connectivity index (χ3n) is 5.32. The van der Waals surface area contributed by atoms with Crippen LogP contribution in [0.2, 0.25) is 0 Å². The maximum absolute atomic E-state index is 12.9. The van der Waals surface area contributed by atoms with E-state index in [4.69, 9.17) is 0 Å². The molecule has 1 saturated carbocycles. The van der Waals surface area contributed by atoms with Crippen molar-refractivity contribution in [3.63, 3.8) is 0 Å². The fourth-order valence-electron chi connectivity index (χ4n) is 3.95. The van der Waals surface area contributed by atoms with Gasteiger partial charge in [-0.05, 0) is 24.2 Å². The van der Waals surface area contributed by atoms with Crippen LogP contribution in [0.4, 0.5) is 0 Å². The first-order valence-corrected chi connectivity index (χ1v) is 9.62. The average Bonchev–Trinajstić information content (AvgIpc) is 2.68. The summed E-state index contributed by atoms with van der Waals surface area (Å²) < 4.78 is -0.542. The van der Waals surface area contributed by atoms with Gasteiger partial charge in [0.05, 0.1) is 5.92 Å². The zero-order chi connectivity index (χ0) is 16.4. The van der Waals surface area contributed by atoms with Gasteiger partial charge in [-0.3, -0.25) is 14.5 Å². The highest BCUT2D eigenvalue weighted by Crippen LogP contribution is 2.62. The van der Waals surface area contributed by atoms with Gasteiger partial charge in [0.25, 0.3) is 0 Å². The molecule has 0 radical (unpaired) electrons. The van der Waals surface area contributed by atoms with Gasteiger partial charge in [0.2, 0.25) is 11.8 Å². The Morgan fingerprint density at radius 2 is 1.87 bits per heavy atom. The van der Waals surface area contributed by atoms with Crippen LogP contribution in [0, 0.1) is 5.92 Å². The molecule has 2 amide bonds. The molecule has 2 fully saturated rings. The lowest BCUT2D eigenvalue weighted by atomic mass is 9.62. The first-order chi connectivity index (χ1) is 11.1. The molecule has 1 aliphatic heterocycles. The fourth-order valence-corrected chi connectivity index (χ4v) is 5.73. The zero-order valence-electron chi connectivity index (χ0n) is 14.0. The minimum atomic E-state index is -0.542. The van der Waals surface area contributed by atoms with Crippen molar-refractivity contribution in [1.29, 1.82) is 0 Å². The number of imide groups is 1. The Kier molecular flexibility index (Phi) is 4.81. The monoisotopic (exact) mass is 331 g/mol. The second-order valence-corrected chi connectivity index (χ2v) is 8.03. The van der Waals surface area contributed by atoms with E-state index in [1.54, 1.807) is 18.8 Å². The number of hydrogen-bond donors (Lipinski definition) is 0. The van der Waals surface area contributed by atoms with Crippen LogP contribution in [0.5, 0.6) is 0 Å². The number of likely N-dealkylation sites (tertiary alicyclic amines) is 1. The molecule has 23 heavy (non-hydrogen) atoms. The summed E-state index contributed by atoms with van der Waals surface area (Å²) in [5.74, 6) is 1.05. The molecule has 124 valence electrons. The maximum atomic E-state index is 12.9. The molecule has 0 aromatic heterocycles. The average molecular weight is 331 g/mol. The maximum Gasteiger partial charge on any atom is 0.246 e. The quantitative estimate of drug-likeness (QED) is 0.563. The molecule has 3 atom stereocenters. The van der Waals surface area contributed by atoms with E-state index in [-0.39, 0.29) is 23.7 Å². The molecule has 0 spiro atoms. The fraction of sp³-hybridized carbons (Fsp3) is 0.579. The van der Waals surface area contributed by atoms with Crippen molar-refractivity contribution < 1.29 is 9.59 Å². The van der Waals surface area contributed by atoms with Crippen LogP contribution in [0.15, 0.2) is 30.3 Å². The van der Waals surface area contributed by atoms with E-state index >= 15 is 0 Å². The number of carbonyl (C=O) groups is 2. The van der Waals surface area contributed by atoms with Gasteiger partial charge in [-0.2, -0.15) is 0 Å². The zero-order valence-corrected chi connectivity index (χ0v) is 14.8. The van der Waals surface area contributed by atoms with Gasteiger partial charge in [0.1, 0.15) is 4.75 Å². The van der Waals surface area contributed by atoms with Crippen LogP contribution < -0.4 is 0 Å². The van der Waals surface area contributed by atoms with Gasteiger partial charge >= 0.3 is 0 Å². The van der Waals surface area contributed by atoms with E-state index in [9.17, 15) is 9.59 Å². The molecule has 1 unspecified atom stereocenters. The predicted octanol–water partition coefficient (Wildman–Crippen LogP) is 3.84. The Labute approximate surface area is 142 Å². The Morgan fingerprint density at radius 3 is 2.52 bits per heavy atom. The SMILES string of the molecule is CCCCCCS[C@]12C(=O)N(C)C(=O)[C@H]1CC2c1ccccc1. The molecule has 3 nitrogen and oxygen atoms in total. The molecule has 1 aromatic rings. The molecule has 1 aromatic carbocycles. The molecule has 1 heterocycles. The molecule has 4 heteroatoms. The summed E-state index contributed by atoms with van der Waals surface area (Å²) in [4.78, 5) is 26.6. The van der Waals surface area contributed by atoms with Crippen LogP contribution in [0.3, 0.4) is 0 Å². The summed E-state index contributed by atoms with van der Waals surface area (Å²) >= 11 is 1.74. The molecule has 2 aliphatic rings. The van der Waals surface area contributed by atoms with Gasteiger partial charge in [-0.15, -0.1) is 11.8 Å². The molecular formula is C19H25NO2S. The Morgan fingerprint density at radius 1 is 1.13 bits per heavy atom. The van der Waals surface area contributed by atoms with Crippen molar-refractivity contribution in [1.82, 2.24) is 4.90 Å². The van der Waals surface area contributed by atoms with Gasteiger partial charge in [-0.25, -0.2) is 0 Å². The molecule has 1 aliphatic carbocycles. The van der Waals surface area contributed by atoms with E-state index in [1.165, 1.54) is 29.7 Å². The van der Waals surface area contributed by atoms with Crippen molar-refractivity contribution >= 4 is 23.6 Å². The van der Waals surface area contributed by atoms with Crippen LogP contribution >= 0.6 is 11.8 Å². The van der Waals surface area contributed by atoms with Crippen LogP contribution in [0.1, 0.15) is 50.5 Å². The lowest BCUT2D eigenvalue weighted by Crippen LogP contribution is -2.54. The summed E-state index contributed by atoms with van der Waals surface area (Å²) in [7, 11) is 1.64. The highest BCUT2D eigenvalue weighted by molar-refractivity contribution is 8.01. The van der Waals surface area contributed by atoms with Gasteiger partial charge in [-0.1, -0.05) is 56.5 Å². The number of unbranched alkanes of at least 4 members (excludes halogenated alkanes) is 3. The number of nitrogens with zero attached hydrogens (tertiary/aromatic N) is 1. The Hall–Kier alpha value is -1.29. The molecule has 3 rings (SSSR count). The second-order valence-electron chi connectivity index (χ2n) is 6.66. The van der Waals surface area contributed by atoms with E-state index in [0.717, 1.165) is 18.6 Å². The minimum absolute atomic E-state index is 0.0169. The molecular weight excluding hydrogens is 306 g/mol. The van der Waals surface area contributed by atoms with E-state index in [2.05, 4.69) is 19.1 Å². The summed E-state index contributed by atoms with van der Waals surface area (Å²) in [5.41, 5.74) is 1.20. The topological polar surface area (TPSA) is 37.4 Å². The third kappa shape index (κ3) is 2.61. The van der Waals surface area contributed by atoms with Crippen molar-refractivity contribution in [2.45, 2.75) is 49.7 Å². The Bertz CT molecular complexity index is 588. The first-order valence-electron chi connectivity index (χ1n) is 8.63. The van der Waals surface area contributed by atoms with Crippen LogP contribution in [-0.4, -0.2) is 34.3 Å². The third-order valence-corrected chi connectivity index (χ3v) is 7.03. The second kappa shape index (κ2) is 6.68. The lowest BCUT2D eigenvalue weighted by Gasteiger charge is -2.48. The summed E-state index contributed by atoms with van der Waals surface area (Å²) in [5, 5.41) is 0. The number of amides is 2. The van der Waals surface area contributed by atoms with Crippen LogP contribution in [-0.2, 0) is 9.59 Å². The normalized spacial score (nSPS) is 29.6. The van der Waals surface area contributed by atoms with Crippen LogP contribution in [0.25, 0.3) is 0 Å². The first kappa shape index (κ1) is 16.6. The minimum Gasteiger partial charge on any atom is -0.284 e. The highest BCUT2D eigenvalue weighted by Gasteiger charge is 2.69. The van der Waals surface area contributed by atoms with Gasteiger partial charge in [0, 0.05) is 13.0 Å². The number of rotatable bonds is 7. The van der Waals surface area contributed by atoms with E-state index in [0.29, 0.717) is 0 Å². The van der Waals surface area contributed by atoms with Crippen molar-refractivity contribution in [2.75, 3.05) is 12.8 Å². The number of benzene rings is 1. The van der Waals surface area contributed by atoms with Crippen molar-refractivity contribution in [3.05, 3.63) is 35.9 Å². The highest BCUT2D eigenvalue weighted by atomic mass is 32.2. The van der Waals surface area contributed by atoms with Gasteiger partial charge < -0.3 is 0 Å². The number of carbonyl (C=O) groups excluding carboxylic acids is 2. The van der Waals surface area contributed by atoms with E-state index in [1.807, 2.05) is 18.2 Å². The largest absolute Gasteiger partial charge is 0.284 e. The Balaban J connectivity index is 1.80. The van der Waals surface area contributed by atoms with E-state index < -0.39 is 4.75 Å². The lowest BCUT2D eigenvalue weighted by molar-refractivity contribution is -0.137. The molecule has 1 saturated heterocycles. The smallest absolute Gasteiger partial charge is 0.246 e. The van der Waals surface area contributed by atoms with Crippen molar-refractivity contribution in [2.24, 2.45) is 5.92 Å². The number of hydrogen-bond acceptors (Lipinski definition) is 3. The number of fused-ring (bicyclic) bond motifs is 1. The summed E-state index contributed by atoms with van der Waals surface area (Å²) in [6.07, 6.45) is 5.59.